The SMILES string of the molecule is CCN(CC)CCn1c(NC(=O)C(C)CN)nc2ccccc21. The van der Waals surface area contributed by atoms with Gasteiger partial charge in [0, 0.05) is 25.6 Å². The molecule has 126 valence electrons. The second-order valence-electron chi connectivity index (χ2n) is 5.73. The summed E-state index contributed by atoms with van der Waals surface area (Å²) in [6.07, 6.45) is 0. The Kier molecular flexibility index (Phi) is 6.12. The summed E-state index contributed by atoms with van der Waals surface area (Å²) in [6.45, 7) is 10.2. The van der Waals surface area contributed by atoms with Gasteiger partial charge in [0.25, 0.3) is 0 Å². The molecule has 1 atom stereocenters. The maximum atomic E-state index is 12.2. The number of hydrogen-bond donors (Lipinski definition) is 2. The highest BCUT2D eigenvalue weighted by Crippen LogP contribution is 2.20. The fourth-order valence-electron chi connectivity index (χ4n) is 2.52. The fraction of sp³-hybridized carbons (Fsp3) is 0.529. The van der Waals surface area contributed by atoms with E-state index in [1.807, 2.05) is 31.2 Å². The number of nitrogens with zero attached hydrogens (tertiary/aromatic N) is 3. The summed E-state index contributed by atoms with van der Waals surface area (Å²) in [6, 6.07) is 7.95. The van der Waals surface area contributed by atoms with Gasteiger partial charge in [-0.1, -0.05) is 32.9 Å². The molecule has 2 rings (SSSR count). The van der Waals surface area contributed by atoms with Crippen molar-refractivity contribution < 1.29 is 4.79 Å². The van der Waals surface area contributed by atoms with E-state index in [-0.39, 0.29) is 11.8 Å². The Hall–Kier alpha value is -1.92. The number of carbonyl (C=O) groups excluding carboxylic acids is 1. The van der Waals surface area contributed by atoms with Crippen molar-refractivity contribution in [2.24, 2.45) is 11.7 Å². The summed E-state index contributed by atoms with van der Waals surface area (Å²) in [5.74, 6) is 0.279. The Morgan fingerprint density at radius 2 is 2.04 bits per heavy atom. The molecule has 1 aromatic carbocycles. The van der Waals surface area contributed by atoms with Crippen molar-refractivity contribution in [3.05, 3.63) is 24.3 Å². The van der Waals surface area contributed by atoms with Crippen molar-refractivity contribution in [3.63, 3.8) is 0 Å². The van der Waals surface area contributed by atoms with E-state index in [1.165, 1.54) is 0 Å². The molecule has 0 aliphatic heterocycles. The Bertz CT molecular complexity index is 647. The summed E-state index contributed by atoms with van der Waals surface area (Å²) in [5.41, 5.74) is 7.51. The van der Waals surface area contributed by atoms with Crippen molar-refractivity contribution >= 4 is 22.9 Å². The predicted octanol–water partition coefficient (Wildman–Crippen LogP) is 1.91. The van der Waals surface area contributed by atoms with Crippen LogP contribution in [0, 0.1) is 5.92 Å². The Morgan fingerprint density at radius 3 is 2.70 bits per heavy atom. The summed E-state index contributed by atoms with van der Waals surface area (Å²) in [4.78, 5) is 19.1. The van der Waals surface area contributed by atoms with Crippen molar-refractivity contribution in [2.45, 2.75) is 27.3 Å². The topological polar surface area (TPSA) is 76.2 Å². The lowest BCUT2D eigenvalue weighted by Gasteiger charge is -2.19. The number of fused-ring (bicyclic) bond motifs is 1. The van der Waals surface area contributed by atoms with E-state index in [0.29, 0.717) is 12.5 Å². The number of nitrogens with one attached hydrogen (secondary N) is 1. The van der Waals surface area contributed by atoms with Crippen LogP contribution in [0.5, 0.6) is 0 Å². The first kappa shape index (κ1) is 17.4. The molecule has 1 aromatic heterocycles. The third-order valence-electron chi connectivity index (χ3n) is 4.22. The van der Waals surface area contributed by atoms with E-state index >= 15 is 0 Å². The molecule has 1 heterocycles. The molecule has 3 N–H and O–H groups in total. The number of para-hydroxylation sites is 2. The van der Waals surface area contributed by atoms with Crippen LogP contribution in [0.15, 0.2) is 24.3 Å². The molecule has 1 unspecified atom stereocenters. The van der Waals surface area contributed by atoms with Crippen LogP contribution in [-0.2, 0) is 11.3 Å². The highest BCUT2D eigenvalue weighted by atomic mass is 16.2. The van der Waals surface area contributed by atoms with Gasteiger partial charge in [-0.2, -0.15) is 0 Å². The van der Waals surface area contributed by atoms with Gasteiger partial charge in [0.2, 0.25) is 11.9 Å². The third-order valence-corrected chi connectivity index (χ3v) is 4.22. The predicted molar refractivity (Wildman–Crippen MR) is 94.4 cm³/mol. The standard InChI is InChI=1S/C17H27N5O/c1-4-21(5-2)10-11-22-15-9-7-6-8-14(15)19-17(22)20-16(23)13(3)12-18/h6-9,13H,4-5,10-12,18H2,1-3H3,(H,19,20,23). The lowest BCUT2D eigenvalue weighted by molar-refractivity contribution is -0.119. The largest absolute Gasteiger partial charge is 0.330 e. The molecular formula is C17H27N5O. The zero-order valence-electron chi connectivity index (χ0n) is 14.2. The molecule has 1 amide bonds. The molecule has 23 heavy (non-hydrogen) atoms. The maximum absolute atomic E-state index is 12.2. The van der Waals surface area contributed by atoms with Crippen LogP contribution in [0.25, 0.3) is 11.0 Å². The van der Waals surface area contributed by atoms with E-state index < -0.39 is 0 Å². The molecule has 0 aliphatic rings. The normalized spacial score (nSPS) is 12.7. The number of likely N-dealkylation sites (N-methyl/N-ethyl adjacent to an activating group) is 1. The first-order valence-electron chi connectivity index (χ1n) is 8.29. The smallest absolute Gasteiger partial charge is 0.230 e. The Balaban J connectivity index is 2.28. The van der Waals surface area contributed by atoms with E-state index in [1.54, 1.807) is 0 Å². The van der Waals surface area contributed by atoms with Crippen molar-refractivity contribution in [2.75, 3.05) is 31.5 Å². The monoisotopic (exact) mass is 317 g/mol. The molecule has 6 heteroatoms. The minimum Gasteiger partial charge on any atom is -0.330 e. The number of hydrogen-bond acceptors (Lipinski definition) is 4. The summed E-state index contributed by atoms with van der Waals surface area (Å²) in [7, 11) is 0. The van der Waals surface area contributed by atoms with Gasteiger partial charge in [-0.15, -0.1) is 0 Å². The summed E-state index contributed by atoms with van der Waals surface area (Å²) < 4.78 is 2.08. The minimum atomic E-state index is -0.231. The Labute approximate surface area is 137 Å². The number of anilines is 1. The minimum absolute atomic E-state index is 0.0908. The molecule has 0 spiro atoms. The van der Waals surface area contributed by atoms with Crippen LogP contribution < -0.4 is 11.1 Å². The van der Waals surface area contributed by atoms with E-state index in [0.717, 1.165) is 37.2 Å². The number of aromatic nitrogens is 2. The molecule has 0 fully saturated rings. The lowest BCUT2D eigenvalue weighted by atomic mass is 10.2. The van der Waals surface area contributed by atoms with Gasteiger partial charge >= 0.3 is 0 Å². The molecular weight excluding hydrogens is 290 g/mol. The van der Waals surface area contributed by atoms with Gasteiger partial charge in [0.15, 0.2) is 0 Å². The van der Waals surface area contributed by atoms with E-state index in [9.17, 15) is 4.79 Å². The zero-order valence-corrected chi connectivity index (χ0v) is 14.2. The molecule has 0 saturated carbocycles. The quantitative estimate of drug-likeness (QED) is 0.780. The third kappa shape index (κ3) is 4.09. The highest BCUT2D eigenvalue weighted by molar-refractivity contribution is 5.93. The molecule has 0 aliphatic carbocycles. The first-order chi connectivity index (χ1) is 11.1. The van der Waals surface area contributed by atoms with Crippen LogP contribution in [0.2, 0.25) is 0 Å². The highest BCUT2D eigenvalue weighted by Gasteiger charge is 2.16. The number of amides is 1. The van der Waals surface area contributed by atoms with Crippen molar-refractivity contribution in [3.8, 4) is 0 Å². The van der Waals surface area contributed by atoms with Gasteiger partial charge in [-0.25, -0.2) is 4.98 Å². The lowest BCUT2D eigenvalue weighted by Crippen LogP contribution is -2.30. The average Bonchev–Trinajstić information content (AvgIpc) is 2.92. The van der Waals surface area contributed by atoms with Gasteiger partial charge in [-0.05, 0) is 25.2 Å². The number of carbonyl (C=O) groups is 1. The number of benzene rings is 1. The second-order valence-corrected chi connectivity index (χ2v) is 5.73. The zero-order chi connectivity index (χ0) is 16.8. The number of imidazole rings is 1. The Morgan fingerprint density at radius 1 is 1.35 bits per heavy atom. The van der Waals surface area contributed by atoms with Gasteiger partial charge in [0.05, 0.1) is 11.0 Å². The van der Waals surface area contributed by atoms with E-state index in [4.69, 9.17) is 5.73 Å². The maximum Gasteiger partial charge on any atom is 0.230 e. The van der Waals surface area contributed by atoms with Gasteiger partial charge in [0.1, 0.15) is 0 Å². The van der Waals surface area contributed by atoms with Crippen LogP contribution in [0.1, 0.15) is 20.8 Å². The summed E-state index contributed by atoms with van der Waals surface area (Å²) >= 11 is 0. The van der Waals surface area contributed by atoms with Crippen LogP contribution in [0.3, 0.4) is 0 Å². The number of nitrogens with two attached hydrogens (primary N) is 1. The van der Waals surface area contributed by atoms with E-state index in [2.05, 4.69) is 33.6 Å². The van der Waals surface area contributed by atoms with Crippen LogP contribution in [-0.4, -0.2) is 46.5 Å². The molecule has 6 nitrogen and oxygen atoms in total. The van der Waals surface area contributed by atoms with Crippen LogP contribution >= 0.6 is 0 Å². The molecule has 0 bridgehead atoms. The van der Waals surface area contributed by atoms with Crippen molar-refractivity contribution in [1.82, 2.24) is 14.5 Å². The first-order valence-corrected chi connectivity index (χ1v) is 8.29. The van der Waals surface area contributed by atoms with Gasteiger partial charge < -0.3 is 15.2 Å². The molecule has 2 aromatic rings. The fourth-order valence-corrected chi connectivity index (χ4v) is 2.52. The molecule has 0 saturated heterocycles. The van der Waals surface area contributed by atoms with Gasteiger partial charge in [-0.3, -0.25) is 10.1 Å². The second kappa shape index (κ2) is 8.08. The number of rotatable bonds is 8. The molecule has 0 radical (unpaired) electrons. The van der Waals surface area contributed by atoms with Crippen LogP contribution in [0.4, 0.5) is 5.95 Å². The average molecular weight is 317 g/mol. The van der Waals surface area contributed by atoms with Crippen molar-refractivity contribution in [1.29, 1.82) is 0 Å². The summed E-state index contributed by atoms with van der Waals surface area (Å²) in [5, 5.41) is 2.92.